The number of fused-ring (bicyclic) bond motifs is 1. The maximum Gasteiger partial charge on any atom is 0.112 e. The van der Waals surface area contributed by atoms with Crippen molar-refractivity contribution in [3.8, 4) is 0 Å². The van der Waals surface area contributed by atoms with E-state index in [1.807, 2.05) is 34.7 Å². The Labute approximate surface area is 99.9 Å². The summed E-state index contributed by atoms with van der Waals surface area (Å²) < 4.78 is 1.95. The van der Waals surface area contributed by atoms with E-state index in [4.69, 9.17) is 10.2 Å². The molecule has 5 heteroatoms. The first kappa shape index (κ1) is 11.9. The van der Waals surface area contributed by atoms with Crippen molar-refractivity contribution in [3.63, 3.8) is 0 Å². The molecule has 0 aliphatic carbocycles. The van der Waals surface area contributed by atoms with Crippen molar-refractivity contribution in [2.45, 2.75) is 0 Å². The molecule has 0 atom stereocenters. The summed E-state index contributed by atoms with van der Waals surface area (Å²) in [5.41, 5.74) is 2.89. The highest BCUT2D eigenvalue weighted by Gasteiger charge is 2.11. The number of anilines is 1. The molecule has 5 nitrogen and oxygen atoms in total. The molecule has 0 unspecified atom stereocenters. The second-order valence-corrected chi connectivity index (χ2v) is 3.93. The third-order valence-corrected chi connectivity index (χ3v) is 2.81. The van der Waals surface area contributed by atoms with Crippen molar-refractivity contribution in [2.75, 3.05) is 31.2 Å². The summed E-state index contributed by atoms with van der Waals surface area (Å²) in [6.45, 7) is 1.11. The predicted molar refractivity (Wildman–Crippen MR) is 67.1 cm³/mol. The molecule has 0 fully saturated rings. The molecule has 0 aliphatic rings. The van der Waals surface area contributed by atoms with Gasteiger partial charge in [-0.05, 0) is 12.1 Å². The average Bonchev–Trinajstić information content (AvgIpc) is 2.71. The fourth-order valence-corrected chi connectivity index (χ4v) is 1.99. The number of hydrogen-bond acceptors (Lipinski definition) is 4. The van der Waals surface area contributed by atoms with Crippen molar-refractivity contribution in [1.29, 1.82) is 0 Å². The summed E-state index contributed by atoms with van der Waals surface area (Å²) in [7, 11) is 1.95. The lowest BCUT2D eigenvalue weighted by Crippen LogP contribution is -2.29. The van der Waals surface area contributed by atoms with Gasteiger partial charge in [0.15, 0.2) is 0 Å². The van der Waals surface area contributed by atoms with E-state index in [2.05, 4.69) is 4.98 Å². The molecule has 1 aromatic heterocycles. The van der Waals surface area contributed by atoms with Crippen LogP contribution in [0, 0.1) is 0 Å². The summed E-state index contributed by atoms with van der Waals surface area (Å²) in [4.78, 5) is 6.30. The zero-order chi connectivity index (χ0) is 12.3. The molecule has 0 saturated carbocycles. The van der Waals surface area contributed by atoms with Crippen LogP contribution in [-0.2, 0) is 7.05 Å². The minimum Gasteiger partial charge on any atom is -0.395 e. The number of imidazole rings is 1. The molecule has 2 aromatic rings. The fraction of sp³-hybridized carbons (Fsp3) is 0.417. The Hall–Kier alpha value is -1.59. The first-order valence-electron chi connectivity index (χ1n) is 5.64. The Kier molecular flexibility index (Phi) is 3.61. The van der Waals surface area contributed by atoms with Gasteiger partial charge in [-0.25, -0.2) is 4.98 Å². The molecule has 0 amide bonds. The van der Waals surface area contributed by atoms with Gasteiger partial charge in [-0.1, -0.05) is 6.07 Å². The smallest absolute Gasteiger partial charge is 0.112 e. The van der Waals surface area contributed by atoms with Crippen molar-refractivity contribution < 1.29 is 10.2 Å². The molecule has 0 aliphatic heterocycles. The zero-order valence-electron chi connectivity index (χ0n) is 9.87. The van der Waals surface area contributed by atoms with Gasteiger partial charge in [0.05, 0.1) is 30.7 Å². The lowest BCUT2D eigenvalue weighted by Gasteiger charge is -2.23. The van der Waals surface area contributed by atoms with E-state index < -0.39 is 0 Å². The second-order valence-electron chi connectivity index (χ2n) is 3.93. The van der Waals surface area contributed by atoms with Gasteiger partial charge in [-0.2, -0.15) is 0 Å². The first-order chi connectivity index (χ1) is 8.27. The quantitative estimate of drug-likeness (QED) is 0.785. The summed E-state index contributed by atoms with van der Waals surface area (Å²) in [5.74, 6) is 0. The predicted octanol–water partition coefficient (Wildman–Crippen LogP) is 0.364. The number of benzene rings is 1. The SMILES string of the molecule is Cn1cnc2c(N(CCO)CCO)cccc21. The van der Waals surface area contributed by atoms with Crippen LogP contribution < -0.4 is 4.90 Å². The molecular weight excluding hydrogens is 218 g/mol. The third kappa shape index (κ3) is 2.25. The van der Waals surface area contributed by atoms with Crippen LogP contribution in [0.4, 0.5) is 5.69 Å². The molecule has 0 saturated heterocycles. The summed E-state index contributed by atoms with van der Waals surface area (Å²) in [6.07, 6.45) is 1.77. The average molecular weight is 235 g/mol. The Morgan fingerprint density at radius 2 is 1.94 bits per heavy atom. The van der Waals surface area contributed by atoms with Gasteiger partial charge in [-0.15, -0.1) is 0 Å². The van der Waals surface area contributed by atoms with E-state index in [1.165, 1.54) is 0 Å². The van der Waals surface area contributed by atoms with Gasteiger partial charge < -0.3 is 19.7 Å². The van der Waals surface area contributed by atoms with E-state index in [9.17, 15) is 0 Å². The Morgan fingerprint density at radius 3 is 2.59 bits per heavy atom. The van der Waals surface area contributed by atoms with Crippen molar-refractivity contribution in [3.05, 3.63) is 24.5 Å². The highest BCUT2D eigenvalue weighted by molar-refractivity contribution is 5.88. The summed E-state index contributed by atoms with van der Waals surface area (Å²) >= 11 is 0. The summed E-state index contributed by atoms with van der Waals surface area (Å²) in [6, 6.07) is 5.92. The van der Waals surface area contributed by atoms with Crippen LogP contribution in [0.2, 0.25) is 0 Å². The first-order valence-corrected chi connectivity index (χ1v) is 5.64. The number of nitrogens with zero attached hydrogens (tertiary/aromatic N) is 3. The Balaban J connectivity index is 2.44. The van der Waals surface area contributed by atoms with Crippen LogP contribution in [0.1, 0.15) is 0 Å². The number of aryl methyl sites for hydroxylation is 1. The maximum absolute atomic E-state index is 9.05. The molecular formula is C12H17N3O2. The van der Waals surface area contributed by atoms with Crippen molar-refractivity contribution >= 4 is 16.7 Å². The van der Waals surface area contributed by atoms with Crippen LogP contribution in [-0.4, -0.2) is 46.1 Å². The maximum atomic E-state index is 9.05. The topological polar surface area (TPSA) is 61.5 Å². The normalized spacial score (nSPS) is 11.0. The monoisotopic (exact) mass is 235 g/mol. The van der Waals surface area contributed by atoms with Crippen molar-refractivity contribution in [1.82, 2.24) is 9.55 Å². The van der Waals surface area contributed by atoms with E-state index in [1.54, 1.807) is 6.33 Å². The molecule has 1 aromatic carbocycles. The standard InChI is InChI=1S/C12H17N3O2/c1-14-9-13-12-10(14)3-2-4-11(12)15(5-7-16)6-8-17/h2-4,9,16-17H,5-8H2,1H3. The zero-order valence-corrected chi connectivity index (χ0v) is 9.87. The van der Waals surface area contributed by atoms with Gasteiger partial charge in [0.1, 0.15) is 5.52 Å². The van der Waals surface area contributed by atoms with E-state index in [0.717, 1.165) is 16.7 Å². The Bertz CT molecular complexity index is 489. The number of aromatic nitrogens is 2. The van der Waals surface area contributed by atoms with Crippen LogP contribution >= 0.6 is 0 Å². The molecule has 0 radical (unpaired) electrons. The van der Waals surface area contributed by atoms with Gasteiger partial charge in [0, 0.05) is 20.1 Å². The third-order valence-electron chi connectivity index (χ3n) is 2.81. The second kappa shape index (κ2) is 5.16. The van der Waals surface area contributed by atoms with E-state index in [-0.39, 0.29) is 13.2 Å². The van der Waals surface area contributed by atoms with Gasteiger partial charge in [-0.3, -0.25) is 0 Å². The summed E-state index contributed by atoms with van der Waals surface area (Å²) in [5, 5.41) is 18.1. The number of aliphatic hydroxyl groups excluding tert-OH is 2. The molecule has 2 N–H and O–H groups in total. The molecule has 0 spiro atoms. The van der Waals surface area contributed by atoms with E-state index in [0.29, 0.717) is 13.1 Å². The van der Waals surface area contributed by atoms with Crippen LogP contribution in [0.25, 0.3) is 11.0 Å². The number of para-hydroxylation sites is 1. The molecule has 1 heterocycles. The van der Waals surface area contributed by atoms with Crippen LogP contribution in [0.3, 0.4) is 0 Å². The van der Waals surface area contributed by atoms with E-state index >= 15 is 0 Å². The number of aliphatic hydroxyl groups is 2. The van der Waals surface area contributed by atoms with Crippen LogP contribution in [0.15, 0.2) is 24.5 Å². The highest BCUT2D eigenvalue weighted by Crippen LogP contribution is 2.24. The molecule has 17 heavy (non-hydrogen) atoms. The van der Waals surface area contributed by atoms with Gasteiger partial charge in [0.25, 0.3) is 0 Å². The molecule has 0 bridgehead atoms. The minimum atomic E-state index is 0.0588. The largest absolute Gasteiger partial charge is 0.395 e. The van der Waals surface area contributed by atoms with Gasteiger partial charge >= 0.3 is 0 Å². The minimum absolute atomic E-state index is 0.0588. The van der Waals surface area contributed by atoms with Crippen LogP contribution in [0.5, 0.6) is 0 Å². The number of rotatable bonds is 5. The number of hydrogen-bond donors (Lipinski definition) is 2. The van der Waals surface area contributed by atoms with Gasteiger partial charge in [0.2, 0.25) is 0 Å². The molecule has 2 rings (SSSR count). The Morgan fingerprint density at radius 1 is 1.24 bits per heavy atom. The molecule has 92 valence electrons. The lowest BCUT2D eigenvalue weighted by molar-refractivity contribution is 0.281. The lowest BCUT2D eigenvalue weighted by atomic mass is 10.2. The highest BCUT2D eigenvalue weighted by atomic mass is 16.3. The fourth-order valence-electron chi connectivity index (χ4n) is 1.99. The van der Waals surface area contributed by atoms with Crippen molar-refractivity contribution in [2.24, 2.45) is 7.05 Å².